The van der Waals surface area contributed by atoms with E-state index in [1.807, 2.05) is 30.3 Å². The molecule has 128 valence electrons. The predicted octanol–water partition coefficient (Wildman–Crippen LogP) is 1.83. The molecule has 2 aromatic rings. The lowest BCUT2D eigenvalue weighted by Crippen LogP contribution is -2.38. The van der Waals surface area contributed by atoms with Crippen LogP contribution in [0.5, 0.6) is 0 Å². The molecule has 0 spiro atoms. The Kier molecular flexibility index (Phi) is 3.69. The molecule has 2 aliphatic rings. The van der Waals surface area contributed by atoms with Crippen LogP contribution in [0.25, 0.3) is 0 Å². The van der Waals surface area contributed by atoms with Gasteiger partial charge in [-0.05, 0) is 24.3 Å². The maximum absolute atomic E-state index is 14.3. The van der Waals surface area contributed by atoms with Gasteiger partial charge in [-0.2, -0.15) is 4.98 Å². The Hall–Kier alpha value is -1.80. The molecule has 1 N–H and O–H groups in total. The molecule has 1 saturated carbocycles. The van der Waals surface area contributed by atoms with Gasteiger partial charge in [0.25, 0.3) is 5.16 Å². The number of hydrogen-bond donors (Lipinski definition) is 1. The van der Waals surface area contributed by atoms with Crippen LogP contribution >= 0.6 is 0 Å². The fourth-order valence-electron chi connectivity index (χ4n) is 3.46. The van der Waals surface area contributed by atoms with Gasteiger partial charge < -0.3 is 5.11 Å². The lowest BCUT2D eigenvalue weighted by atomic mass is 9.86. The SMILES string of the molecule is O=S(=O)(c1nc2n(n1)[C@H](c1ccccc1)C[C@@H]2F)[C@H]1C[C@@H](CO)C1. The molecule has 2 heterocycles. The fraction of sp³-hybridized carbons (Fsp3) is 0.500. The van der Waals surface area contributed by atoms with Crippen molar-refractivity contribution in [2.24, 2.45) is 5.92 Å². The summed E-state index contributed by atoms with van der Waals surface area (Å²) in [4.78, 5) is 4.00. The zero-order chi connectivity index (χ0) is 16.9. The number of sulfone groups is 1. The van der Waals surface area contributed by atoms with Gasteiger partial charge in [0.05, 0.1) is 11.3 Å². The summed E-state index contributed by atoms with van der Waals surface area (Å²) >= 11 is 0. The number of benzene rings is 1. The van der Waals surface area contributed by atoms with Crippen LogP contribution in [0.15, 0.2) is 35.5 Å². The minimum Gasteiger partial charge on any atom is -0.396 e. The van der Waals surface area contributed by atoms with Gasteiger partial charge in [-0.15, -0.1) is 5.10 Å². The highest BCUT2D eigenvalue weighted by atomic mass is 32.2. The standard InChI is InChI=1S/C16H18FN3O3S/c17-13-8-14(11-4-2-1-3-5-11)20-15(13)18-16(19-20)24(22,23)12-6-10(7-12)9-21/h1-5,10,12-14,21H,6-9H2/t10-,12+,13-,14-/m0/s1. The summed E-state index contributed by atoms with van der Waals surface area (Å²) in [6.45, 7) is -0.0121. The van der Waals surface area contributed by atoms with Gasteiger partial charge in [0.2, 0.25) is 9.84 Å². The minimum atomic E-state index is -3.67. The van der Waals surface area contributed by atoms with Gasteiger partial charge in [0.15, 0.2) is 12.0 Å². The summed E-state index contributed by atoms with van der Waals surface area (Å²) in [5.41, 5.74) is 0.886. The Morgan fingerprint density at radius 2 is 1.92 bits per heavy atom. The third-order valence-electron chi connectivity index (χ3n) is 4.97. The second-order valence-electron chi connectivity index (χ2n) is 6.51. The summed E-state index contributed by atoms with van der Waals surface area (Å²) in [5, 5.41) is 12.3. The molecule has 1 aromatic heterocycles. The number of aliphatic hydroxyl groups is 1. The molecule has 0 unspecified atom stereocenters. The highest BCUT2D eigenvalue weighted by Crippen LogP contribution is 2.41. The van der Waals surface area contributed by atoms with Gasteiger partial charge in [0.1, 0.15) is 0 Å². The van der Waals surface area contributed by atoms with Crippen LogP contribution in [0, 0.1) is 5.92 Å². The van der Waals surface area contributed by atoms with E-state index >= 15 is 0 Å². The lowest BCUT2D eigenvalue weighted by Gasteiger charge is -2.32. The zero-order valence-corrected chi connectivity index (χ0v) is 13.7. The summed E-state index contributed by atoms with van der Waals surface area (Å²) < 4.78 is 40.9. The van der Waals surface area contributed by atoms with Crippen molar-refractivity contribution in [3.63, 3.8) is 0 Å². The number of aliphatic hydroxyl groups excluding tert-OH is 1. The molecule has 1 fully saturated rings. The maximum Gasteiger partial charge on any atom is 0.267 e. The Labute approximate surface area is 139 Å². The Balaban J connectivity index is 1.66. The molecule has 1 aliphatic carbocycles. The largest absolute Gasteiger partial charge is 0.396 e. The molecule has 6 nitrogen and oxygen atoms in total. The third-order valence-corrected chi connectivity index (χ3v) is 6.92. The minimum absolute atomic E-state index is 0.0121. The lowest BCUT2D eigenvalue weighted by molar-refractivity contribution is 0.165. The molecule has 1 aliphatic heterocycles. The first-order valence-electron chi connectivity index (χ1n) is 8.01. The smallest absolute Gasteiger partial charge is 0.267 e. The number of alkyl halides is 1. The summed E-state index contributed by atoms with van der Waals surface area (Å²) in [6.07, 6.45) is -0.290. The van der Waals surface area contributed by atoms with Crippen molar-refractivity contribution in [1.29, 1.82) is 0 Å². The number of rotatable bonds is 4. The van der Waals surface area contributed by atoms with Crippen LogP contribution in [-0.4, -0.2) is 40.1 Å². The molecule has 8 heteroatoms. The van der Waals surface area contributed by atoms with E-state index in [2.05, 4.69) is 10.1 Å². The number of nitrogens with zero attached hydrogens (tertiary/aromatic N) is 3. The van der Waals surface area contributed by atoms with Crippen LogP contribution in [-0.2, 0) is 9.84 Å². The number of hydrogen-bond acceptors (Lipinski definition) is 5. The van der Waals surface area contributed by atoms with Crippen LogP contribution in [0.4, 0.5) is 4.39 Å². The molecule has 0 saturated heterocycles. The summed E-state index contributed by atoms with van der Waals surface area (Å²) in [7, 11) is -3.67. The monoisotopic (exact) mass is 351 g/mol. The second-order valence-corrected chi connectivity index (χ2v) is 8.64. The van der Waals surface area contributed by atoms with Crippen LogP contribution in [0.3, 0.4) is 0 Å². The van der Waals surface area contributed by atoms with Crippen molar-refractivity contribution in [3.05, 3.63) is 41.7 Å². The topological polar surface area (TPSA) is 85.1 Å². The Morgan fingerprint density at radius 1 is 1.21 bits per heavy atom. The normalized spacial score (nSPS) is 29.2. The molecule has 0 bridgehead atoms. The van der Waals surface area contributed by atoms with E-state index in [9.17, 15) is 12.8 Å². The van der Waals surface area contributed by atoms with Gasteiger partial charge in [0, 0.05) is 13.0 Å². The van der Waals surface area contributed by atoms with Crippen molar-refractivity contribution < 1.29 is 17.9 Å². The quantitative estimate of drug-likeness (QED) is 0.908. The van der Waals surface area contributed by atoms with E-state index < -0.39 is 21.3 Å². The predicted molar refractivity (Wildman–Crippen MR) is 83.9 cm³/mol. The molecule has 2 atom stereocenters. The first kappa shape index (κ1) is 15.7. The molecule has 1 aromatic carbocycles. The van der Waals surface area contributed by atoms with Crippen LogP contribution < -0.4 is 0 Å². The van der Waals surface area contributed by atoms with Gasteiger partial charge in [-0.3, -0.25) is 0 Å². The fourth-order valence-corrected chi connectivity index (χ4v) is 5.23. The van der Waals surface area contributed by atoms with Gasteiger partial charge in [-0.1, -0.05) is 30.3 Å². The number of fused-ring (bicyclic) bond motifs is 1. The van der Waals surface area contributed by atoms with Gasteiger partial charge in [-0.25, -0.2) is 17.5 Å². The van der Waals surface area contributed by atoms with Gasteiger partial charge >= 0.3 is 0 Å². The van der Waals surface area contributed by atoms with Crippen molar-refractivity contribution in [2.75, 3.05) is 6.61 Å². The third kappa shape index (κ3) is 2.36. The zero-order valence-electron chi connectivity index (χ0n) is 12.9. The molecule has 0 amide bonds. The first-order chi connectivity index (χ1) is 11.5. The van der Waals surface area contributed by atoms with Crippen molar-refractivity contribution >= 4 is 9.84 Å². The molecule has 4 rings (SSSR count). The van der Waals surface area contributed by atoms with E-state index in [0.29, 0.717) is 12.8 Å². The van der Waals surface area contributed by atoms with Crippen LogP contribution in [0.2, 0.25) is 0 Å². The van der Waals surface area contributed by atoms with E-state index in [1.54, 1.807) is 0 Å². The average Bonchev–Trinajstić information content (AvgIpc) is 3.08. The molecule has 0 radical (unpaired) electrons. The first-order valence-corrected chi connectivity index (χ1v) is 9.55. The van der Waals surface area contributed by atoms with E-state index in [0.717, 1.165) is 5.56 Å². The van der Waals surface area contributed by atoms with Crippen molar-refractivity contribution in [1.82, 2.24) is 14.8 Å². The molecular formula is C16H18FN3O3S. The number of halogens is 1. The maximum atomic E-state index is 14.3. The molecular weight excluding hydrogens is 333 g/mol. The number of aromatic nitrogens is 3. The average molecular weight is 351 g/mol. The van der Waals surface area contributed by atoms with E-state index in [1.165, 1.54) is 4.68 Å². The molecule has 24 heavy (non-hydrogen) atoms. The highest BCUT2D eigenvalue weighted by Gasteiger charge is 2.44. The van der Waals surface area contributed by atoms with E-state index in [-0.39, 0.29) is 36.0 Å². The van der Waals surface area contributed by atoms with E-state index in [4.69, 9.17) is 5.11 Å². The summed E-state index contributed by atoms with van der Waals surface area (Å²) in [6, 6.07) is 9.01. The van der Waals surface area contributed by atoms with Crippen LogP contribution in [0.1, 0.15) is 42.9 Å². The highest BCUT2D eigenvalue weighted by molar-refractivity contribution is 7.91. The van der Waals surface area contributed by atoms with Crippen molar-refractivity contribution in [2.45, 2.75) is 41.9 Å². The second kappa shape index (κ2) is 5.63. The summed E-state index contributed by atoms with van der Waals surface area (Å²) in [5.74, 6) is 0.102. The Bertz CT molecular complexity index is 847. The Morgan fingerprint density at radius 3 is 2.58 bits per heavy atom. The van der Waals surface area contributed by atoms with Crippen molar-refractivity contribution in [3.8, 4) is 0 Å².